The van der Waals surface area contributed by atoms with Gasteiger partial charge in [-0.1, -0.05) is 91.0 Å². The molecule has 2 heterocycles. The highest BCUT2D eigenvalue weighted by molar-refractivity contribution is 6.13. The summed E-state index contributed by atoms with van der Waals surface area (Å²) in [5.74, 6) is 0. The number of rotatable bonds is 3. The minimum atomic E-state index is 0.789. The predicted octanol–water partition coefficient (Wildman–Crippen LogP) is 6.77. The average Bonchev–Trinajstić information content (AvgIpc) is 3.23. The lowest BCUT2D eigenvalue weighted by Gasteiger charge is -2.13. The van der Waals surface area contributed by atoms with Crippen LogP contribution in [0.1, 0.15) is 0 Å². The summed E-state index contributed by atoms with van der Waals surface area (Å²) in [5.41, 5.74) is 7.27. The Hall–Kier alpha value is -4.31. The highest BCUT2D eigenvalue weighted by Gasteiger charge is 2.21. The quantitative estimate of drug-likeness (QED) is 0.329. The SMILES string of the molecule is c1ccc(-c2nnnc(-c3cccc4oc5ccccc5c34)c2-c2ccccc2)cc1. The zero-order valence-corrected chi connectivity index (χ0v) is 16.6. The fourth-order valence-electron chi connectivity index (χ4n) is 4.16. The number of furan rings is 1. The summed E-state index contributed by atoms with van der Waals surface area (Å²) in [7, 11) is 0. The fourth-order valence-corrected chi connectivity index (χ4v) is 4.16. The van der Waals surface area contributed by atoms with Crippen molar-refractivity contribution in [2.24, 2.45) is 0 Å². The summed E-state index contributed by atoms with van der Waals surface area (Å²) < 4.78 is 6.11. The van der Waals surface area contributed by atoms with Crippen LogP contribution < -0.4 is 0 Å². The van der Waals surface area contributed by atoms with E-state index in [-0.39, 0.29) is 0 Å². The van der Waals surface area contributed by atoms with Crippen molar-refractivity contribution in [2.45, 2.75) is 0 Å². The largest absolute Gasteiger partial charge is 0.456 e. The Morgan fingerprint density at radius 3 is 1.97 bits per heavy atom. The van der Waals surface area contributed by atoms with Crippen molar-refractivity contribution in [1.29, 1.82) is 0 Å². The molecule has 0 radical (unpaired) electrons. The molecule has 0 amide bonds. The molecular weight excluding hydrogens is 382 g/mol. The first-order valence-electron chi connectivity index (χ1n) is 10.1. The molecule has 0 saturated carbocycles. The molecular formula is C27H17N3O. The van der Waals surface area contributed by atoms with Crippen LogP contribution in [0.15, 0.2) is 108 Å². The van der Waals surface area contributed by atoms with Gasteiger partial charge in [-0.2, -0.15) is 0 Å². The Morgan fingerprint density at radius 2 is 1.16 bits per heavy atom. The summed E-state index contributed by atoms with van der Waals surface area (Å²) in [6.45, 7) is 0. The molecule has 4 nitrogen and oxygen atoms in total. The Kier molecular flexibility index (Phi) is 4.06. The number of hydrogen-bond donors (Lipinski definition) is 0. The van der Waals surface area contributed by atoms with Crippen molar-refractivity contribution in [3.05, 3.63) is 103 Å². The van der Waals surface area contributed by atoms with Crippen LogP contribution >= 0.6 is 0 Å². The number of benzene rings is 4. The van der Waals surface area contributed by atoms with Crippen molar-refractivity contribution >= 4 is 21.9 Å². The molecule has 0 aliphatic rings. The van der Waals surface area contributed by atoms with Crippen LogP contribution in [-0.2, 0) is 0 Å². The Morgan fingerprint density at radius 1 is 0.516 bits per heavy atom. The van der Waals surface area contributed by atoms with Crippen molar-refractivity contribution in [3.8, 4) is 33.6 Å². The molecule has 4 heteroatoms. The van der Waals surface area contributed by atoms with E-state index in [1.807, 2.05) is 78.9 Å². The zero-order valence-electron chi connectivity index (χ0n) is 16.6. The van der Waals surface area contributed by atoms with Gasteiger partial charge in [0.2, 0.25) is 0 Å². The van der Waals surface area contributed by atoms with E-state index >= 15 is 0 Å². The van der Waals surface area contributed by atoms with E-state index < -0.39 is 0 Å². The summed E-state index contributed by atoms with van der Waals surface area (Å²) in [6, 6.07) is 34.5. The van der Waals surface area contributed by atoms with E-state index in [9.17, 15) is 0 Å². The average molecular weight is 399 g/mol. The lowest BCUT2D eigenvalue weighted by atomic mass is 9.93. The summed E-state index contributed by atoms with van der Waals surface area (Å²) in [4.78, 5) is 0. The Labute approximate surface area is 178 Å². The van der Waals surface area contributed by atoms with Crippen molar-refractivity contribution < 1.29 is 4.42 Å². The molecule has 0 N–H and O–H groups in total. The second kappa shape index (κ2) is 7.18. The molecule has 0 aliphatic carbocycles. The third-order valence-electron chi connectivity index (χ3n) is 5.53. The van der Waals surface area contributed by atoms with Crippen LogP contribution in [-0.4, -0.2) is 15.4 Å². The van der Waals surface area contributed by atoms with Gasteiger partial charge < -0.3 is 4.42 Å². The topological polar surface area (TPSA) is 51.8 Å². The molecule has 0 saturated heterocycles. The van der Waals surface area contributed by atoms with Crippen LogP contribution in [0.4, 0.5) is 0 Å². The molecule has 0 spiro atoms. The molecule has 0 fully saturated rings. The van der Waals surface area contributed by atoms with E-state index in [4.69, 9.17) is 4.42 Å². The number of aromatic nitrogens is 3. The summed E-state index contributed by atoms with van der Waals surface area (Å²) >= 11 is 0. The van der Waals surface area contributed by atoms with Gasteiger partial charge in [-0.3, -0.25) is 0 Å². The van der Waals surface area contributed by atoms with E-state index in [1.54, 1.807) is 0 Å². The van der Waals surface area contributed by atoms with Crippen LogP contribution in [0.2, 0.25) is 0 Å². The third kappa shape index (κ3) is 2.89. The molecule has 4 aromatic carbocycles. The monoisotopic (exact) mass is 399 g/mol. The van der Waals surface area contributed by atoms with Crippen LogP contribution in [0.5, 0.6) is 0 Å². The number of nitrogens with zero attached hydrogens (tertiary/aromatic N) is 3. The first-order valence-corrected chi connectivity index (χ1v) is 10.1. The number of para-hydroxylation sites is 1. The highest BCUT2D eigenvalue weighted by atomic mass is 16.3. The molecule has 0 atom stereocenters. The van der Waals surface area contributed by atoms with Crippen molar-refractivity contribution in [2.75, 3.05) is 0 Å². The standard InChI is InChI=1S/C27H17N3O/c1-3-10-18(11-4-1)24-26(19-12-5-2-6-13-19)28-30-29-27(24)21-15-9-17-23-25(21)20-14-7-8-16-22(20)31-23/h1-17H. The fraction of sp³-hybridized carbons (Fsp3) is 0. The van der Waals surface area contributed by atoms with Crippen LogP contribution in [0, 0.1) is 0 Å². The van der Waals surface area contributed by atoms with Crippen molar-refractivity contribution in [1.82, 2.24) is 15.4 Å². The van der Waals surface area contributed by atoms with Gasteiger partial charge in [0.25, 0.3) is 0 Å². The van der Waals surface area contributed by atoms with Gasteiger partial charge in [0.1, 0.15) is 22.6 Å². The molecule has 31 heavy (non-hydrogen) atoms. The molecule has 0 unspecified atom stereocenters. The second-order valence-corrected chi connectivity index (χ2v) is 7.37. The molecule has 0 aliphatic heterocycles. The Balaban J connectivity index is 1.73. The zero-order chi connectivity index (χ0) is 20.6. The summed E-state index contributed by atoms with van der Waals surface area (Å²) in [6.07, 6.45) is 0. The van der Waals surface area contributed by atoms with E-state index in [2.05, 4.69) is 39.7 Å². The number of fused-ring (bicyclic) bond motifs is 3. The second-order valence-electron chi connectivity index (χ2n) is 7.37. The van der Waals surface area contributed by atoms with Crippen molar-refractivity contribution in [3.63, 3.8) is 0 Å². The van der Waals surface area contributed by atoms with Gasteiger partial charge in [0.05, 0.1) is 0 Å². The van der Waals surface area contributed by atoms with Gasteiger partial charge in [0.15, 0.2) is 0 Å². The summed E-state index contributed by atoms with van der Waals surface area (Å²) in [5, 5.41) is 15.3. The van der Waals surface area contributed by atoms with E-state index in [1.165, 1.54) is 0 Å². The van der Waals surface area contributed by atoms with E-state index in [0.29, 0.717) is 0 Å². The maximum absolute atomic E-state index is 6.11. The minimum Gasteiger partial charge on any atom is -0.456 e. The van der Waals surface area contributed by atoms with Gasteiger partial charge in [-0.05, 0) is 22.9 Å². The lowest BCUT2D eigenvalue weighted by Crippen LogP contribution is -2.00. The smallest absolute Gasteiger partial charge is 0.136 e. The molecule has 6 rings (SSSR count). The molecule has 146 valence electrons. The Bertz CT molecular complexity index is 1520. The van der Waals surface area contributed by atoms with Crippen LogP contribution in [0.25, 0.3) is 55.6 Å². The predicted molar refractivity (Wildman–Crippen MR) is 123 cm³/mol. The molecule has 6 aromatic rings. The normalized spacial score (nSPS) is 11.2. The van der Waals surface area contributed by atoms with Gasteiger partial charge in [-0.25, -0.2) is 0 Å². The first kappa shape index (κ1) is 17.5. The maximum atomic E-state index is 6.11. The minimum absolute atomic E-state index is 0.789. The first-order chi connectivity index (χ1) is 15.4. The van der Waals surface area contributed by atoms with Gasteiger partial charge in [-0.15, -0.1) is 10.2 Å². The lowest BCUT2D eigenvalue weighted by molar-refractivity contribution is 0.669. The molecule has 0 bridgehead atoms. The van der Waals surface area contributed by atoms with Crippen LogP contribution in [0.3, 0.4) is 0 Å². The maximum Gasteiger partial charge on any atom is 0.136 e. The molecule has 2 aromatic heterocycles. The third-order valence-corrected chi connectivity index (χ3v) is 5.53. The van der Waals surface area contributed by atoms with E-state index in [0.717, 1.165) is 55.6 Å². The number of hydrogen-bond acceptors (Lipinski definition) is 4. The van der Waals surface area contributed by atoms with Gasteiger partial charge in [0, 0.05) is 27.5 Å². The van der Waals surface area contributed by atoms with Gasteiger partial charge >= 0.3 is 0 Å². The highest BCUT2D eigenvalue weighted by Crippen LogP contribution is 2.41.